The number of carboxylic acids is 1. The molecule has 0 aliphatic rings. The third-order valence-corrected chi connectivity index (χ3v) is 5.15. The second-order valence-electron chi connectivity index (χ2n) is 6.25. The van der Waals surface area contributed by atoms with Crippen molar-refractivity contribution >= 4 is 33.3 Å². The molecule has 0 heterocycles. The van der Waals surface area contributed by atoms with Crippen LogP contribution in [0.15, 0.2) is 59.5 Å². The molecule has 1 unspecified atom stereocenters. The molecule has 1 atom stereocenters. The Bertz CT molecular complexity index is 1040. The van der Waals surface area contributed by atoms with E-state index in [2.05, 4.69) is 0 Å². The molecule has 0 radical (unpaired) electrons. The molecule has 4 nitrogen and oxygen atoms in total. The first-order chi connectivity index (χ1) is 12.3. The number of fused-ring (bicyclic) bond motifs is 1. The van der Waals surface area contributed by atoms with Gasteiger partial charge < -0.3 is 5.11 Å². The SMILES string of the molecule is Cc1ccc2cc(CC(=O)O)cc(C(=O)c3ccc(S(C)=O)cc3)c2c1. The fraction of sp³-hybridized carbons (Fsp3) is 0.143. The van der Waals surface area contributed by atoms with Crippen molar-refractivity contribution < 1.29 is 18.9 Å². The predicted octanol–water partition coefficient (Wildman–Crippen LogP) is 3.74. The van der Waals surface area contributed by atoms with E-state index in [0.717, 1.165) is 16.3 Å². The normalized spacial score (nSPS) is 12.1. The first kappa shape index (κ1) is 18.0. The zero-order chi connectivity index (χ0) is 18.8. The number of carbonyl (C=O) groups is 2. The summed E-state index contributed by atoms with van der Waals surface area (Å²) in [5.74, 6) is -1.12. The van der Waals surface area contributed by atoms with Crippen LogP contribution in [0.4, 0.5) is 0 Å². The minimum absolute atomic E-state index is 0.141. The Labute approximate surface area is 153 Å². The van der Waals surface area contributed by atoms with E-state index in [0.29, 0.717) is 21.6 Å². The van der Waals surface area contributed by atoms with Crippen molar-refractivity contribution in [3.8, 4) is 0 Å². The number of rotatable bonds is 5. The zero-order valence-electron chi connectivity index (χ0n) is 14.5. The molecule has 0 aliphatic heterocycles. The third-order valence-electron chi connectivity index (χ3n) is 4.22. The first-order valence-electron chi connectivity index (χ1n) is 8.08. The van der Waals surface area contributed by atoms with Crippen molar-refractivity contribution in [3.05, 3.63) is 76.9 Å². The zero-order valence-corrected chi connectivity index (χ0v) is 15.3. The maximum atomic E-state index is 13.1. The molecule has 3 rings (SSSR count). The highest BCUT2D eigenvalue weighted by Crippen LogP contribution is 2.26. The summed E-state index contributed by atoms with van der Waals surface area (Å²) in [6.07, 6.45) is 1.44. The number of aryl methyl sites for hydroxylation is 1. The molecule has 0 aliphatic carbocycles. The molecule has 3 aromatic carbocycles. The molecule has 0 bridgehead atoms. The van der Waals surface area contributed by atoms with Crippen LogP contribution in [0.2, 0.25) is 0 Å². The fourth-order valence-electron chi connectivity index (χ4n) is 2.95. The second-order valence-corrected chi connectivity index (χ2v) is 7.63. The molecule has 26 heavy (non-hydrogen) atoms. The lowest BCUT2D eigenvalue weighted by molar-refractivity contribution is -0.136. The molecule has 132 valence electrons. The summed E-state index contributed by atoms with van der Waals surface area (Å²) in [7, 11) is -1.11. The van der Waals surface area contributed by atoms with Crippen molar-refractivity contribution in [2.24, 2.45) is 0 Å². The first-order valence-corrected chi connectivity index (χ1v) is 9.64. The highest BCUT2D eigenvalue weighted by molar-refractivity contribution is 7.84. The minimum atomic E-state index is -1.11. The van der Waals surface area contributed by atoms with E-state index in [4.69, 9.17) is 5.11 Å². The van der Waals surface area contributed by atoms with Crippen LogP contribution in [-0.2, 0) is 22.0 Å². The molecule has 1 N–H and O–H groups in total. The van der Waals surface area contributed by atoms with Gasteiger partial charge in [-0.3, -0.25) is 13.8 Å². The Morgan fingerprint density at radius 1 is 1.00 bits per heavy atom. The Morgan fingerprint density at radius 2 is 1.69 bits per heavy atom. The summed E-state index contributed by atoms with van der Waals surface area (Å²) in [5.41, 5.74) is 2.57. The molecule has 3 aromatic rings. The Hall–Kier alpha value is -2.79. The van der Waals surface area contributed by atoms with Crippen LogP contribution in [0.5, 0.6) is 0 Å². The van der Waals surface area contributed by atoms with Crippen LogP contribution in [0.25, 0.3) is 10.8 Å². The van der Waals surface area contributed by atoms with Crippen molar-refractivity contribution in [2.45, 2.75) is 18.2 Å². The lowest BCUT2D eigenvalue weighted by atomic mass is 9.93. The molecule has 5 heteroatoms. The van der Waals surface area contributed by atoms with Crippen molar-refractivity contribution in [1.29, 1.82) is 0 Å². The average Bonchev–Trinajstić information content (AvgIpc) is 2.60. The molecule has 0 aromatic heterocycles. The van der Waals surface area contributed by atoms with E-state index in [1.54, 1.807) is 36.6 Å². The van der Waals surface area contributed by atoms with Crippen LogP contribution in [0.3, 0.4) is 0 Å². The number of carboxylic acid groups (broad SMARTS) is 1. The van der Waals surface area contributed by atoms with Crippen molar-refractivity contribution in [1.82, 2.24) is 0 Å². The van der Waals surface area contributed by atoms with Crippen LogP contribution in [0.1, 0.15) is 27.0 Å². The quantitative estimate of drug-likeness (QED) is 0.698. The summed E-state index contributed by atoms with van der Waals surface area (Å²) in [6.45, 7) is 1.95. The maximum Gasteiger partial charge on any atom is 0.307 e. The van der Waals surface area contributed by atoms with E-state index in [9.17, 15) is 13.8 Å². The molecule has 0 amide bonds. The van der Waals surface area contributed by atoms with Crippen LogP contribution in [0, 0.1) is 6.92 Å². The largest absolute Gasteiger partial charge is 0.481 e. The minimum Gasteiger partial charge on any atom is -0.481 e. The standard InChI is InChI=1S/C21H18O4S/c1-13-3-4-16-10-14(12-20(22)23)11-19(18(16)9-13)21(24)15-5-7-17(8-6-15)26(2)25/h3-11H,12H2,1-2H3,(H,22,23). The third kappa shape index (κ3) is 3.73. The number of carbonyl (C=O) groups excluding carboxylic acids is 1. The van der Waals surface area contributed by atoms with Gasteiger partial charge in [0, 0.05) is 33.1 Å². The smallest absolute Gasteiger partial charge is 0.307 e. The molecule has 0 saturated carbocycles. The van der Waals surface area contributed by atoms with Crippen molar-refractivity contribution in [2.75, 3.05) is 6.26 Å². The van der Waals surface area contributed by atoms with Gasteiger partial charge in [0.1, 0.15) is 0 Å². The topological polar surface area (TPSA) is 71.4 Å². The van der Waals surface area contributed by atoms with E-state index in [1.807, 2.05) is 31.2 Å². The van der Waals surface area contributed by atoms with Crippen LogP contribution < -0.4 is 0 Å². The summed E-state index contributed by atoms with van der Waals surface area (Å²) < 4.78 is 11.5. The van der Waals surface area contributed by atoms with Gasteiger partial charge in [-0.2, -0.15) is 0 Å². The Balaban J connectivity index is 2.14. The number of hydrogen-bond acceptors (Lipinski definition) is 3. The highest BCUT2D eigenvalue weighted by Gasteiger charge is 2.16. The van der Waals surface area contributed by atoms with E-state index in [-0.39, 0.29) is 12.2 Å². The lowest BCUT2D eigenvalue weighted by Gasteiger charge is -2.10. The Morgan fingerprint density at radius 3 is 2.31 bits per heavy atom. The van der Waals surface area contributed by atoms with Gasteiger partial charge in [0.15, 0.2) is 5.78 Å². The van der Waals surface area contributed by atoms with Gasteiger partial charge in [-0.05, 0) is 53.6 Å². The highest BCUT2D eigenvalue weighted by atomic mass is 32.2. The molecule has 0 saturated heterocycles. The maximum absolute atomic E-state index is 13.1. The second kappa shape index (κ2) is 7.22. The number of aliphatic carboxylic acids is 1. The summed E-state index contributed by atoms with van der Waals surface area (Å²) in [4.78, 5) is 24.8. The molecule has 0 spiro atoms. The lowest BCUT2D eigenvalue weighted by Crippen LogP contribution is -2.06. The van der Waals surface area contributed by atoms with Gasteiger partial charge >= 0.3 is 5.97 Å². The van der Waals surface area contributed by atoms with Crippen LogP contribution in [-0.4, -0.2) is 27.3 Å². The Kier molecular flexibility index (Phi) is 5.00. The molecular weight excluding hydrogens is 348 g/mol. The van der Waals surface area contributed by atoms with Crippen LogP contribution >= 0.6 is 0 Å². The van der Waals surface area contributed by atoms with Gasteiger partial charge in [0.05, 0.1) is 6.42 Å². The van der Waals surface area contributed by atoms with E-state index < -0.39 is 16.8 Å². The van der Waals surface area contributed by atoms with E-state index >= 15 is 0 Å². The van der Waals surface area contributed by atoms with Gasteiger partial charge in [-0.15, -0.1) is 0 Å². The summed E-state index contributed by atoms with van der Waals surface area (Å²) in [5, 5.41) is 10.7. The van der Waals surface area contributed by atoms with Gasteiger partial charge in [0.2, 0.25) is 0 Å². The van der Waals surface area contributed by atoms with Gasteiger partial charge in [-0.25, -0.2) is 0 Å². The molecule has 0 fully saturated rings. The number of ketones is 1. The van der Waals surface area contributed by atoms with Gasteiger partial charge in [-0.1, -0.05) is 29.8 Å². The fourth-order valence-corrected chi connectivity index (χ4v) is 3.47. The average molecular weight is 366 g/mol. The summed E-state index contributed by atoms with van der Waals surface area (Å²) in [6, 6.07) is 15.9. The molecular formula is C21H18O4S. The number of benzene rings is 3. The summed E-state index contributed by atoms with van der Waals surface area (Å²) >= 11 is 0. The number of hydrogen-bond donors (Lipinski definition) is 1. The monoisotopic (exact) mass is 366 g/mol. The van der Waals surface area contributed by atoms with Gasteiger partial charge in [0.25, 0.3) is 0 Å². The van der Waals surface area contributed by atoms with Crippen molar-refractivity contribution in [3.63, 3.8) is 0 Å². The van der Waals surface area contributed by atoms with E-state index in [1.165, 1.54) is 0 Å². The predicted molar refractivity (Wildman–Crippen MR) is 102 cm³/mol.